The van der Waals surface area contributed by atoms with Gasteiger partial charge in [0, 0.05) is 58.9 Å². The van der Waals surface area contributed by atoms with Crippen LogP contribution in [-0.2, 0) is 16.5 Å². The number of rotatable bonds is 12. The second-order valence-corrected chi connectivity index (χ2v) is 7.70. The van der Waals surface area contributed by atoms with Crippen molar-refractivity contribution in [2.24, 2.45) is 0 Å². The van der Waals surface area contributed by atoms with Crippen molar-refractivity contribution in [2.45, 2.75) is 12.8 Å². The van der Waals surface area contributed by atoms with Crippen molar-refractivity contribution < 1.29 is 23.3 Å². The van der Waals surface area contributed by atoms with Gasteiger partial charge in [0.25, 0.3) is 22.7 Å². The molecule has 0 N–H and O–H groups in total. The zero-order valence-electron chi connectivity index (χ0n) is 15.6. The molecule has 0 radical (unpaired) electrons. The Labute approximate surface area is 182 Å². The number of non-ortho nitro benzene ring substituents is 2. The summed E-state index contributed by atoms with van der Waals surface area (Å²) in [5.41, 5.74) is -0.747. The maximum Gasteiger partial charge on any atom is 0.279 e. The second kappa shape index (κ2) is 11.2. The van der Waals surface area contributed by atoms with E-state index in [-0.39, 0.29) is 35.6 Å². The van der Waals surface area contributed by atoms with Gasteiger partial charge >= 0.3 is 0 Å². The van der Waals surface area contributed by atoms with Crippen molar-refractivity contribution >= 4 is 46.8 Å². The van der Waals surface area contributed by atoms with Gasteiger partial charge in [-0.1, -0.05) is 0 Å². The van der Waals surface area contributed by atoms with Crippen molar-refractivity contribution in [1.82, 2.24) is 0 Å². The molecule has 0 aliphatic rings. The highest BCUT2D eigenvalue weighted by molar-refractivity contribution is 8.07. The maximum atomic E-state index is 11.1. The van der Waals surface area contributed by atoms with Gasteiger partial charge in [-0.15, -0.1) is 0 Å². The summed E-state index contributed by atoms with van der Waals surface area (Å²) >= 11 is 2.03. The van der Waals surface area contributed by atoms with Crippen LogP contribution in [0.25, 0.3) is 0 Å². The molecule has 0 spiro atoms. The van der Waals surface area contributed by atoms with Crippen molar-refractivity contribution in [3.05, 3.63) is 88.0 Å². The van der Waals surface area contributed by atoms with Crippen LogP contribution in [0.4, 0.5) is 22.7 Å². The highest BCUT2D eigenvalue weighted by atomic mass is 32.2. The van der Waals surface area contributed by atoms with Gasteiger partial charge in [-0.2, -0.15) is 0 Å². The normalized spacial score (nSPS) is 10.6. The van der Waals surface area contributed by atoms with E-state index in [1.807, 2.05) is 0 Å². The Morgan fingerprint density at radius 3 is 1.35 bits per heavy atom. The number of benzene rings is 2. The first-order chi connectivity index (χ1) is 14.7. The fourth-order valence-corrected chi connectivity index (χ4v) is 3.92. The first kappa shape index (κ1) is 24.0. The summed E-state index contributed by atoms with van der Waals surface area (Å²) in [4.78, 5) is 40.9. The summed E-state index contributed by atoms with van der Waals surface area (Å²) in [6, 6.07) is 6.87. The van der Waals surface area contributed by atoms with E-state index in [4.69, 9.17) is 3.63 Å². The maximum absolute atomic E-state index is 11.1. The molecule has 0 unspecified atom stereocenters. The first-order valence-electron chi connectivity index (χ1n) is 8.45. The smallest absolute Gasteiger partial charge is 0.258 e. The molecular weight excluding hydrogens is 456 g/mol. The van der Waals surface area contributed by atoms with Crippen molar-refractivity contribution in [3.63, 3.8) is 0 Å². The van der Waals surface area contributed by atoms with Gasteiger partial charge in [0.15, 0.2) is 0 Å². The molecule has 0 atom stereocenters. The number of aryl methyl sites for hydroxylation is 2. The fourth-order valence-electron chi connectivity index (χ4n) is 2.50. The van der Waals surface area contributed by atoms with Crippen LogP contribution in [0.3, 0.4) is 0 Å². The summed E-state index contributed by atoms with van der Waals surface area (Å²) in [5, 5.41) is 43.7. The number of nitro benzene ring substituents is 4. The van der Waals surface area contributed by atoms with Crippen LogP contribution in [0.2, 0.25) is 0 Å². The molecule has 0 fully saturated rings. The van der Waals surface area contributed by atoms with Crippen LogP contribution in [-0.4, -0.2) is 31.2 Å². The largest absolute Gasteiger partial charge is 0.279 e. The first-order valence-corrected chi connectivity index (χ1v) is 10.3. The molecule has 15 heteroatoms. The quantitative estimate of drug-likeness (QED) is 0.185. The molecule has 2 rings (SSSR count). The van der Waals surface area contributed by atoms with Crippen LogP contribution in [0.5, 0.6) is 0 Å². The van der Waals surface area contributed by atoms with E-state index in [1.165, 1.54) is 24.3 Å². The minimum atomic E-state index is -0.708. The van der Waals surface area contributed by atoms with E-state index in [1.54, 1.807) is 0 Å². The lowest BCUT2D eigenvalue weighted by Gasteiger charge is -2.04. The predicted octanol–water partition coefficient (Wildman–Crippen LogP) is 4.42. The third-order valence-corrected chi connectivity index (χ3v) is 5.47. The molecule has 0 amide bonds. The summed E-state index contributed by atoms with van der Waals surface area (Å²) in [6.45, 7) is 0. The second-order valence-electron chi connectivity index (χ2n) is 5.87. The highest BCUT2D eigenvalue weighted by Crippen LogP contribution is 2.28. The number of hydrogen-bond acceptors (Lipinski definition) is 11. The van der Waals surface area contributed by atoms with Gasteiger partial charge < -0.3 is 0 Å². The molecule has 31 heavy (non-hydrogen) atoms. The Hall–Kier alpha value is -3.30. The van der Waals surface area contributed by atoms with Crippen LogP contribution >= 0.6 is 24.1 Å². The molecule has 0 heterocycles. The number of nitrogens with zero attached hydrogens (tertiary/aromatic N) is 4. The Morgan fingerprint density at radius 1 is 0.645 bits per heavy atom. The molecule has 13 nitrogen and oxygen atoms in total. The topological polar surface area (TPSA) is 182 Å². The van der Waals surface area contributed by atoms with Gasteiger partial charge in [-0.05, 0) is 25.0 Å². The Kier molecular flexibility index (Phi) is 8.65. The molecule has 164 valence electrons. The van der Waals surface area contributed by atoms with E-state index in [0.29, 0.717) is 22.6 Å². The molecule has 0 aliphatic heterocycles. The third kappa shape index (κ3) is 6.87. The lowest BCUT2D eigenvalue weighted by atomic mass is 10.1. The summed E-state index contributed by atoms with van der Waals surface area (Å²) in [7, 11) is 0. The van der Waals surface area contributed by atoms with E-state index in [9.17, 15) is 40.5 Å². The lowest BCUT2D eigenvalue weighted by molar-refractivity contribution is -0.394. The summed E-state index contributed by atoms with van der Waals surface area (Å²) in [6.07, 6.45) is 0.487. The molecule has 0 bridgehead atoms. The zero-order chi connectivity index (χ0) is 23.0. The fraction of sp³-hybridized carbons (Fsp3) is 0.250. The molecule has 0 aromatic heterocycles. The average Bonchev–Trinajstić information content (AvgIpc) is 2.72. The molecule has 0 aliphatic carbocycles. The van der Waals surface area contributed by atoms with E-state index < -0.39 is 19.7 Å². The van der Waals surface area contributed by atoms with Gasteiger partial charge in [0.1, 0.15) is 0 Å². The van der Waals surface area contributed by atoms with Gasteiger partial charge in [-0.25, -0.2) is 3.63 Å². The van der Waals surface area contributed by atoms with Gasteiger partial charge in [0.05, 0.1) is 31.8 Å². The molecule has 2 aromatic rings. The molecular formula is C16H14N4O9S2. The van der Waals surface area contributed by atoms with Crippen LogP contribution < -0.4 is 0 Å². The zero-order valence-corrected chi connectivity index (χ0v) is 17.2. The standard InChI is InChI=1S/C16H14N4O9S2/c21-17(22)13-3-1-11(15(9-13)19(25)26)5-7-30-29-31-8-6-12-2-4-14(18(23)24)10-16(12)20(27)28/h1-4,9-10H,5-8H2. The summed E-state index contributed by atoms with van der Waals surface area (Å²) < 4.78 is 5.28. The lowest BCUT2D eigenvalue weighted by Crippen LogP contribution is -2.00. The molecule has 2 aromatic carbocycles. The van der Waals surface area contributed by atoms with Crippen molar-refractivity contribution in [1.29, 1.82) is 0 Å². The average molecular weight is 470 g/mol. The number of hydrogen-bond donors (Lipinski definition) is 0. The van der Waals surface area contributed by atoms with Crippen molar-refractivity contribution in [2.75, 3.05) is 11.5 Å². The molecule has 0 saturated carbocycles. The van der Waals surface area contributed by atoms with E-state index in [0.717, 1.165) is 36.2 Å². The summed E-state index contributed by atoms with van der Waals surface area (Å²) in [5.74, 6) is 0.673. The highest BCUT2D eigenvalue weighted by Gasteiger charge is 2.20. The SMILES string of the molecule is O=[N+]([O-])c1ccc(CCSOSCCc2ccc([N+](=O)[O-])cc2[N+](=O)[O-])c([N+](=O)[O-])c1. The minimum absolute atomic E-state index is 0.243. The number of nitro groups is 4. The van der Waals surface area contributed by atoms with Gasteiger partial charge in [-0.3, -0.25) is 40.5 Å². The van der Waals surface area contributed by atoms with Crippen molar-refractivity contribution in [3.8, 4) is 0 Å². The van der Waals surface area contributed by atoms with Crippen LogP contribution in [0.1, 0.15) is 11.1 Å². The Bertz CT molecular complexity index is 939. The Balaban J connectivity index is 1.81. The predicted molar refractivity (Wildman–Crippen MR) is 113 cm³/mol. The van der Waals surface area contributed by atoms with Crippen LogP contribution in [0, 0.1) is 40.5 Å². The van der Waals surface area contributed by atoms with E-state index in [2.05, 4.69) is 0 Å². The molecule has 0 saturated heterocycles. The Morgan fingerprint density at radius 2 is 1.03 bits per heavy atom. The van der Waals surface area contributed by atoms with Crippen LogP contribution in [0.15, 0.2) is 36.4 Å². The monoisotopic (exact) mass is 470 g/mol. The van der Waals surface area contributed by atoms with E-state index >= 15 is 0 Å². The van der Waals surface area contributed by atoms with Gasteiger partial charge in [0.2, 0.25) is 0 Å². The minimum Gasteiger partial charge on any atom is -0.258 e. The third-order valence-electron chi connectivity index (χ3n) is 3.96.